The second-order valence-electron chi connectivity index (χ2n) is 5.42. The Balaban J connectivity index is 1.68. The van der Waals surface area contributed by atoms with Crippen molar-refractivity contribution < 1.29 is 9.53 Å². The molecule has 0 bridgehead atoms. The van der Waals surface area contributed by atoms with E-state index in [-0.39, 0.29) is 15.7 Å². The number of hydrogen-bond donors (Lipinski definition) is 2. The number of ether oxygens (including phenoxy) is 1. The van der Waals surface area contributed by atoms with Gasteiger partial charge in [0.25, 0.3) is 5.91 Å². The zero-order valence-corrected chi connectivity index (χ0v) is 19.0. The van der Waals surface area contributed by atoms with Gasteiger partial charge in [0.1, 0.15) is 5.75 Å². The second-order valence-corrected chi connectivity index (χ2v) is 8.38. The Bertz CT molecular complexity index is 1060. The highest BCUT2D eigenvalue weighted by atomic mass is 79.9. The van der Waals surface area contributed by atoms with Crippen LogP contribution in [0.1, 0.15) is 10.4 Å². The number of rotatable bonds is 4. The van der Waals surface area contributed by atoms with Crippen LogP contribution in [0.25, 0.3) is 11.3 Å². The van der Waals surface area contributed by atoms with Crippen LogP contribution in [0.3, 0.4) is 0 Å². The van der Waals surface area contributed by atoms with E-state index in [9.17, 15) is 4.79 Å². The Morgan fingerprint density at radius 2 is 2.04 bits per heavy atom. The summed E-state index contributed by atoms with van der Waals surface area (Å²) >= 11 is 22.0. The summed E-state index contributed by atoms with van der Waals surface area (Å²) in [5.41, 5.74) is 1.92. The molecule has 2 N–H and O–H groups in total. The molecule has 144 valence electrons. The highest BCUT2D eigenvalue weighted by Gasteiger charge is 2.14. The van der Waals surface area contributed by atoms with Gasteiger partial charge in [-0.3, -0.25) is 10.1 Å². The van der Waals surface area contributed by atoms with Crippen LogP contribution in [0.5, 0.6) is 5.75 Å². The molecule has 1 heterocycles. The highest BCUT2D eigenvalue weighted by molar-refractivity contribution is 9.10. The summed E-state index contributed by atoms with van der Waals surface area (Å²) in [6, 6.07) is 10.3. The molecule has 0 unspecified atom stereocenters. The van der Waals surface area contributed by atoms with Gasteiger partial charge in [-0.1, -0.05) is 23.2 Å². The number of amides is 1. The predicted octanol–water partition coefficient (Wildman–Crippen LogP) is 6.01. The monoisotopic (exact) mass is 515 g/mol. The van der Waals surface area contributed by atoms with Crippen molar-refractivity contribution >= 4 is 78.8 Å². The van der Waals surface area contributed by atoms with E-state index < -0.39 is 5.91 Å². The standard InChI is InChI=1S/C18H12BrCl2N3O2S2/c1-26-15-5-2-9(6-12(15)19)14-8-28-18(22-14)24-17(27)23-16(25)11-7-10(20)3-4-13(11)21/h2-8H,1H3,(H2,22,23,24,25,27). The number of nitrogens with zero attached hydrogens (tertiary/aromatic N) is 1. The minimum Gasteiger partial charge on any atom is -0.496 e. The van der Waals surface area contributed by atoms with E-state index in [4.69, 9.17) is 40.2 Å². The number of carbonyl (C=O) groups excluding carboxylic acids is 1. The maximum atomic E-state index is 12.3. The first kappa shape index (κ1) is 21.0. The first-order chi connectivity index (χ1) is 13.4. The lowest BCUT2D eigenvalue weighted by molar-refractivity contribution is 0.0978. The van der Waals surface area contributed by atoms with Gasteiger partial charge in [0.05, 0.1) is 27.9 Å². The number of aromatic nitrogens is 1. The molecule has 0 fully saturated rings. The summed E-state index contributed by atoms with van der Waals surface area (Å²) in [6.07, 6.45) is 0. The molecular weight excluding hydrogens is 505 g/mol. The van der Waals surface area contributed by atoms with E-state index >= 15 is 0 Å². The second kappa shape index (κ2) is 9.19. The third-order valence-electron chi connectivity index (χ3n) is 3.57. The minimum atomic E-state index is -0.458. The molecule has 1 aromatic heterocycles. The summed E-state index contributed by atoms with van der Waals surface area (Å²) in [5, 5.41) is 8.69. The number of carbonyl (C=O) groups is 1. The number of halogens is 3. The molecule has 3 rings (SSSR count). The van der Waals surface area contributed by atoms with Crippen molar-refractivity contribution in [2.24, 2.45) is 0 Å². The van der Waals surface area contributed by atoms with Crippen molar-refractivity contribution in [2.45, 2.75) is 0 Å². The molecule has 0 aliphatic carbocycles. The maximum absolute atomic E-state index is 12.3. The molecule has 0 aliphatic heterocycles. The number of nitrogens with one attached hydrogen (secondary N) is 2. The van der Waals surface area contributed by atoms with E-state index in [1.54, 1.807) is 19.2 Å². The van der Waals surface area contributed by atoms with Crippen LogP contribution in [-0.4, -0.2) is 23.1 Å². The zero-order valence-electron chi connectivity index (χ0n) is 14.3. The van der Waals surface area contributed by atoms with Gasteiger partial charge in [-0.15, -0.1) is 11.3 Å². The first-order valence-corrected chi connectivity index (χ1v) is 10.6. The van der Waals surface area contributed by atoms with Crippen LogP contribution in [0.4, 0.5) is 5.13 Å². The average molecular weight is 517 g/mol. The smallest absolute Gasteiger partial charge is 0.258 e. The van der Waals surface area contributed by atoms with Crippen LogP contribution in [0.2, 0.25) is 10.0 Å². The Kier molecular flexibility index (Phi) is 6.90. The van der Waals surface area contributed by atoms with E-state index in [0.29, 0.717) is 10.2 Å². The number of hydrogen-bond acceptors (Lipinski definition) is 5. The fraction of sp³-hybridized carbons (Fsp3) is 0.0556. The van der Waals surface area contributed by atoms with Crippen LogP contribution in [0.15, 0.2) is 46.3 Å². The predicted molar refractivity (Wildman–Crippen MR) is 122 cm³/mol. The molecule has 10 heteroatoms. The molecule has 0 radical (unpaired) electrons. The highest BCUT2D eigenvalue weighted by Crippen LogP contribution is 2.32. The summed E-state index contributed by atoms with van der Waals surface area (Å²) in [4.78, 5) is 16.8. The molecule has 0 saturated heterocycles. The van der Waals surface area contributed by atoms with Gasteiger partial charge >= 0.3 is 0 Å². The molecule has 3 aromatic rings. The molecule has 1 amide bonds. The Morgan fingerprint density at radius 1 is 1.25 bits per heavy atom. The van der Waals surface area contributed by atoms with Gasteiger partial charge in [0, 0.05) is 16.0 Å². The molecule has 28 heavy (non-hydrogen) atoms. The Morgan fingerprint density at radius 3 is 2.75 bits per heavy atom. The lowest BCUT2D eigenvalue weighted by atomic mass is 10.2. The quantitative estimate of drug-likeness (QED) is 0.415. The molecule has 2 aromatic carbocycles. The SMILES string of the molecule is COc1ccc(-c2csc(NC(=S)NC(=O)c3cc(Cl)ccc3Cl)n2)cc1Br. The summed E-state index contributed by atoms with van der Waals surface area (Å²) in [7, 11) is 1.61. The number of thiocarbonyl (C=S) groups is 1. The van der Waals surface area contributed by atoms with Crippen molar-refractivity contribution in [1.29, 1.82) is 0 Å². The van der Waals surface area contributed by atoms with Crippen molar-refractivity contribution in [1.82, 2.24) is 10.3 Å². The molecular formula is C18H12BrCl2N3O2S2. The van der Waals surface area contributed by atoms with Gasteiger partial charge in [-0.2, -0.15) is 0 Å². The number of benzene rings is 2. The maximum Gasteiger partial charge on any atom is 0.258 e. The third kappa shape index (κ3) is 5.01. The fourth-order valence-corrected chi connectivity index (χ4v) is 4.15. The van der Waals surface area contributed by atoms with Crippen LogP contribution in [-0.2, 0) is 0 Å². The van der Waals surface area contributed by atoms with E-state index in [2.05, 4.69) is 31.5 Å². The number of methoxy groups -OCH3 is 1. The van der Waals surface area contributed by atoms with Crippen LogP contribution in [0, 0.1) is 0 Å². The van der Waals surface area contributed by atoms with Gasteiger partial charge < -0.3 is 10.1 Å². The largest absolute Gasteiger partial charge is 0.496 e. The minimum absolute atomic E-state index is 0.109. The molecule has 0 saturated carbocycles. The Labute approximate surface area is 189 Å². The van der Waals surface area contributed by atoms with Crippen molar-refractivity contribution in [2.75, 3.05) is 12.4 Å². The van der Waals surface area contributed by atoms with E-state index in [1.807, 2.05) is 23.6 Å². The molecule has 0 atom stereocenters. The third-order valence-corrected chi connectivity index (χ3v) is 5.72. The van der Waals surface area contributed by atoms with Gasteiger partial charge in [0.2, 0.25) is 0 Å². The van der Waals surface area contributed by atoms with Gasteiger partial charge in [0.15, 0.2) is 10.2 Å². The van der Waals surface area contributed by atoms with Crippen LogP contribution >= 0.6 is 62.7 Å². The number of anilines is 1. The molecule has 0 spiro atoms. The summed E-state index contributed by atoms with van der Waals surface area (Å²) in [5.74, 6) is 0.279. The first-order valence-electron chi connectivity index (χ1n) is 7.74. The van der Waals surface area contributed by atoms with Crippen molar-refractivity contribution in [3.8, 4) is 17.0 Å². The Hall–Kier alpha value is -1.71. The normalized spacial score (nSPS) is 10.4. The summed E-state index contributed by atoms with van der Waals surface area (Å²) < 4.78 is 6.06. The van der Waals surface area contributed by atoms with Gasteiger partial charge in [-0.05, 0) is 64.5 Å². The molecule has 0 aliphatic rings. The zero-order chi connectivity index (χ0) is 20.3. The topological polar surface area (TPSA) is 63.2 Å². The summed E-state index contributed by atoms with van der Waals surface area (Å²) in [6.45, 7) is 0. The van der Waals surface area contributed by atoms with Crippen LogP contribution < -0.4 is 15.4 Å². The van der Waals surface area contributed by atoms with E-state index in [0.717, 1.165) is 21.5 Å². The van der Waals surface area contributed by atoms with E-state index in [1.165, 1.54) is 17.4 Å². The average Bonchev–Trinajstić information content (AvgIpc) is 3.11. The number of thiazole rings is 1. The van der Waals surface area contributed by atoms with Crippen molar-refractivity contribution in [3.05, 3.63) is 61.9 Å². The van der Waals surface area contributed by atoms with Gasteiger partial charge in [-0.25, -0.2) is 4.98 Å². The van der Waals surface area contributed by atoms with Crippen molar-refractivity contribution in [3.63, 3.8) is 0 Å². The lowest BCUT2D eigenvalue weighted by Gasteiger charge is -2.08. The molecule has 5 nitrogen and oxygen atoms in total. The lowest BCUT2D eigenvalue weighted by Crippen LogP contribution is -2.34. The fourth-order valence-electron chi connectivity index (χ4n) is 2.26.